The third kappa shape index (κ3) is 4.09. The SMILES string of the molecule is CCn1c(S[C@@H](C)C(=O)NCc2ccccc2)nc2cc3ccccc3cc2c1=O. The molecule has 3 aromatic carbocycles. The van der Waals surface area contributed by atoms with Crippen LogP contribution in [0.15, 0.2) is 76.7 Å². The van der Waals surface area contributed by atoms with Gasteiger partial charge in [0.1, 0.15) is 0 Å². The van der Waals surface area contributed by atoms with Crippen molar-refractivity contribution in [2.45, 2.75) is 37.3 Å². The lowest BCUT2D eigenvalue weighted by molar-refractivity contribution is -0.120. The van der Waals surface area contributed by atoms with Gasteiger partial charge in [-0.25, -0.2) is 4.98 Å². The van der Waals surface area contributed by atoms with E-state index in [9.17, 15) is 9.59 Å². The van der Waals surface area contributed by atoms with Gasteiger partial charge in [0.05, 0.1) is 16.2 Å². The van der Waals surface area contributed by atoms with Crippen molar-refractivity contribution >= 4 is 39.3 Å². The van der Waals surface area contributed by atoms with E-state index in [1.54, 1.807) is 4.57 Å². The van der Waals surface area contributed by atoms with E-state index >= 15 is 0 Å². The number of carbonyl (C=O) groups is 1. The lowest BCUT2D eigenvalue weighted by Crippen LogP contribution is -2.31. The number of hydrogen-bond acceptors (Lipinski definition) is 4. The number of amides is 1. The molecule has 0 fully saturated rings. The second kappa shape index (κ2) is 8.71. The van der Waals surface area contributed by atoms with Gasteiger partial charge in [-0.1, -0.05) is 66.4 Å². The third-order valence-electron chi connectivity index (χ3n) is 5.06. The Morgan fingerprint density at radius 2 is 1.73 bits per heavy atom. The van der Waals surface area contributed by atoms with Gasteiger partial charge in [-0.15, -0.1) is 0 Å². The minimum atomic E-state index is -0.378. The van der Waals surface area contributed by atoms with Crippen LogP contribution in [0.4, 0.5) is 0 Å². The predicted molar refractivity (Wildman–Crippen MR) is 123 cm³/mol. The summed E-state index contributed by atoms with van der Waals surface area (Å²) in [5, 5.41) is 5.79. The molecule has 0 spiro atoms. The lowest BCUT2D eigenvalue weighted by atomic mass is 10.1. The highest BCUT2D eigenvalue weighted by Crippen LogP contribution is 2.25. The molecule has 0 saturated heterocycles. The maximum Gasteiger partial charge on any atom is 0.262 e. The molecule has 5 nitrogen and oxygen atoms in total. The van der Waals surface area contributed by atoms with Gasteiger partial charge >= 0.3 is 0 Å². The van der Waals surface area contributed by atoms with Crippen LogP contribution in [-0.2, 0) is 17.9 Å². The summed E-state index contributed by atoms with van der Waals surface area (Å²) < 4.78 is 1.64. The molecule has 152 valence electrons. The number of aromatic nitrogens is 2. The summed E-state index contributed by atoms with van der Waals surface area (Å²) in [6.45, 7) is 4.72. The Hall–Kier alpha value is -3.12. The number of carbonyl (C=O) groups excluding carboxylic acids is 1. The van der Waals surface area contributed by atoms with Crippen molar-refractivity contribution in [2.75, 3.05) is 0 Å². The van der Waals surface area contributed by atoms with Crippen LogP contribution in [-0.4, -0.2) is 20.7 Å². The van der Waals surface area contributed by atoms with E-state index in [0.29, 0.717) is 29.1 Å². The van der Waals surface area contributed by atoms with Crippen LogP contribution in [0, 0.1) is 0 Å². The maximum atomic E-state index is 13.1. The monoisotopic (exact) mass is 417 g/mol. The molecular weight excluding hydrogens is 394 g/mol. The Balaban J connectivity index is 1.61. The molecule has 1 atom stereocenters. The Labute approximate surface area is 179 Å². The number of thioether (sulfide) groups is 1. The summed E-state index contributed by atoms with van der Waals surface area (Å²) in [5.41, 5.74) is 1.62. The zero-order valence-electron chi connectivity index (χ0n) is 17.0. The minimum absolute atomic E-state index is 0.0763. The molecule has 1 aromatic heterocycles. The van der Waals surface area contributed by atoms with Crippen molar-refractivity contribution in [3.8, 4) is 0 Å². The van der Waals surface area contributed by atoms with Gasteiger partial charge in [-0.05, 0) is 42.3 Å². The van der Waals surface area contributed by atoms with Crippen molar-refractivity contribution in [2.24, 2.45) is 0 Å². The van der Waals surface area contributed by atoms with Crippen LogP contribution in [0.2, 0.25) is 0 Å². The molecule has 0 aliphatic heterocycles. The summed E-state index contributed by atoms with van der Waals surface area (Å²) in [7, 11) is 0. The van der Waals surface area contributed by atoms with E-state index in [1.807, 2.05) is 80.6 Å². The van der Waals surface area contributed by atoms with E-state index in [1.165, 1.54) is 11.8 Å². The van der Waals surface area contributed by atoms with Gasteiger partial charge in [0.2, 0.25) is 5.91 Å². The molecule has 30 heavy (non-hydrogen) atoms. The first kappa shape index (κ1) is 20.2. The molecule has 1 heterocycles. The Morgan fingerprint density at radius 1 is 1.07 bits per heavy atom. The average molecular weight is 418 g/mol. The Bertz CT molecular complexity index is 1270. The zero-order valence-corrected chi connectivity index (χ0v) is 17.8. The first-order valence-corrected chi connectivity index (χ1v) is 10.9. The molecule has 4 aromatic rings. The number of benzene rings is 3. The summed E-state index contributed by atoms with van der Waals surface area (Å²) in [6.07, 6.45) is 0. The fourth-order valence-corrected chi connectivity index (χ4v) is 4.39. The molecule has 4 rings (SSSR count). The molecule has 0 aliphatic rings. The molecule has 0 unspecified atom stereocenters. The van der Waals surface area contributed by atoms with Gasteiger partial charge in [0.25, 0.3) is 5.56 Å². The van der Waals surface area contributed by atoms with E-state index in [4.69, 9.17) is 4.98 Å². The van der Waals surface area contributed by atoms with E-state index in [2.05, 4.69) is 5.32 Å². The first-order chi connectivity index (χ1) is 14.6. The molecule has 1 amide bonds. The smallest absolute Gasteiger partial charge is 0.262 e. The van der Waals surface area contributed by atoms with E-state index in [0.717, 1.165) is 16.3 Å². The lowest BCUT2D eigenvalue weighted by Gasteiger charge is -2.15. The normalized spacial score (nSPS) is 12.2. The summed E-state index contributed by atoms with van der Waals surface area (Å²) >= 11 is 1.31. The van der Waals surface area contributed by atoms with E-state index in [-0.39, 0.29) is 16.7 Å². The van der Waals surface area contributed by atoms with Crippen molar-refractivity contribution in [3.05, 3.63) is 82.6 Å². The van der Waals surface area contributed by atoms with Crippen LogP contribution in [0.1, 0.15) is 19.4 Å². The Kier molecular flexibility index (Phi) is 5.86. The van der Waals surface area contributed by atoms with Crippen molar-refractivity contribution in [3.63, 3.8) is 0 Å². The number of hydrogen-bond donors (Lipinski definition) is 1. The third-order valence-corrected chi connectivity index (χ3v) is 6.15. The standard InChI is InChI=1S/C24H23N3O2S/c1-3-27-23(29)20-13-18-11-7-8-12-19(18)14-21(20)26-24(27)30-16(2)22(28)25-15-17-9-5-4-6-10-17/h4-14,16H,3,15H2,1-2H3,(H,25,28)/t16-/m0/s1. The fourth-order valence-electron chi connectivity index (χ4n) is 3.40. The second-order valence-corrected chi connectivity index (χ2v) is 8.43. The maximum absolute atomic E-state index is 13.1. The van der Waals surface area contributed by atoms with E-state index < -0.39 is 0 Å². The average Bonchev–Trinajstić information content (AvgIpc) is 2.77. The second-order valence-electron chi connectivity index (χ2n) is 7.12. The van der Waals surface area contributed by atoms with Crippen LogP contribution in [0.5, 0.6) is 0 Å². The molecule has 0 bridgehead atoms. The first-order valence-electron chi connectivity index (χ1n) is 9.98. The molecule has 0 aliphatic carbocycles. The number of fused-ring (bicyclic) bond motifs is 2. The largest absolute Gasteiger partial charge is 0.351 e. The minimum Gasteiger partial charge on any atom is -0.351 e. The summed E-state index contributed by atoms with van der Waals surface area (Å²) in [5.74, 6) is -0.0839. The van der Waals surface area contributed by atoms with Crippen LogP contribution in [0.3, 0.4) is 0 Å². The van der Waals surface area contributed by atoms with Gasteiger partial charge in [0.15, 0.2) is 5.16 Å². The molecule has 1 N–H and O–H groups in total. The fraction of sp³-hybridized carbons (Fsp3) is 0.208. The van der Waals surface area contributed by atoms with Gasteiger partial charge in [0, 0.05) is 13.1 Å². The number of rotatable bonds is 6. The molecule has 0 saturated carbocycles. The van der Waals surface area contributed by atoms with Gasteiger partial charge < -0.3 is 5.32 Å². The van der Waals surface area contributed by atoms with Gasteiger partial charge in [-0.2, -0.15) is 0 Å². The Morgan fingerprint density at radius 3 is 2.43 bits per heavy atom. The van der Waals surface area contributed by atoms with Crippen LogP contribution in [0.25, 0.3) is 21.7 Å². The molecular formula is C24H23N3O2S. The van der Waals surface area contributed by atoms with Gasteiger partial charge in [-0.3, -0.25) is 14.2 Å². The topological polar surface area (TPSA) is 64.0 Å². The van der Waals surface area contributed by atoms with Crippen molar-refractivity contribution in [1.29, 1.82) is 0 Å². The summed E-state index contributed by atoms with van der Waals surface area (Å²) in [4.78, 5) is 30.4. The number of nitrogens with zero attached hydrogens (tertiary/aromatic N) is 2. The van der Waals surface area contributed by atoms with Crippen LogP contribution >= 0.6 is 11.8 Å². The highest BCUT2D eigenvalue weighted by Gasteiger charge is 2.19. The van der Waals surface area contributed by atoms with Crippen LogP contribution < -0.4 is 10.9 Å². The quantitative estimate of drug-likeness (QED) is 0.288. The highest BCUT2D eigenvalue weighted by atomic mass is 32.2. The van der Waals surface area contributed by atoms with Crippen molar-refractivity contribution in [1.82, 2.24) is 14.9 Å². The number of nitrogens with one attached hydrogen (secondary N) is 1. The predicted octanol–water partition coefficient (Wildman–Crippen LogP) is 4.37. The summed E-state index contributed by atoms with van der Waals surface area (Å²) in [6, 6.07) is 21.6. The highest BCUT2D eigenvalue weighted by molar-refractivity contribution is 8.00. The zero-order chi connectivity index (χ0) is 21.1. The van der Waals surface area contributed by atoms with Crippen molar-refractivity contribution < 1.29 is 4.79 Å². The molecule has 6 heteroatoms. The molecule has 0 radical (unpaired) electrons.